The lowest BCUT2D eigenvalue weighted by Crippen LogP contribution is -2.70. The van der Waals surface area contributed by atoms with Crippen molar-refractivity contribution in [1.82, 2.24) is 10.2 Å². The molecule has 10 rings (SSSR count). The van der Waals surface area contributed by atoms with Crippen molar-refractivity contribution >= 4 is 34.8 Å². The molecule has 1 amide bonds. The van der Waals surface area contributed by atoms with E-state index in [0.717, 1.165) is 78.6 Å². The van der Waals surface area contributed by atoms with Crippen LogP contribution in [-0.4, -0.2) is 133 Å². The Morgan fingerprint density at radius 1 is 1.10 bits per heavy atom. The van der Waals surface area contributed by atoms with Crippen molar-refractivity contribution in [3.05, 3.63) is 111 Å². The maximum Gasteiger partial charge on any atom is 0.254 e. The van der Waals surface area contributed by atoms with E-state index in [1.165, 1.54) is 12.0 Å². The van der Waals surface area contributed by atoms with Gasteiger partial charge in [0.25, 0.3) is 5.91 Å². The van der Waals surface area contributed by atoms with Crippen molar-refractivity contribution in [3.8, 4) is 29.3 Å². The number of hydrogen-bond donors (Lipinski definition) is 5. The number of ether oxygens (including phenoxy) is 6. The molecule has 2 fully saturated rings. The van der Waals surface area contributed by atoms with E-state index >= 15 is 0 Å². The molecule has 354 valence electrons. The van der Waals surface area contributed by atoms with E-state index in [2.05, 4.69) is 23.8 Å². The number of aliphatic imine (C=N–C) groups is 1. The van der Waals surface area contributed by atoms with Gasteiger partial charge in [0.15, 0.2) is 23.2 Å². The monoisotopic (exact) mass is 926 g/mol. The van der Waals surface area contributed by atoms with Gasteiger partial charge in [-0.15, -0.1) is 0 Å². The number of benzene rings is 3. The predicted octanol–water partition coefficient (Wildman–Crippen LogP) is 4.98. The molecule has 15 nitrogen and oxygen atoms in total. The Labute approximate surface area is 394 Å². The average Bonchev–Trinajstić information content (AvgIpc) is 4.10. The van der Waals surface area contributed by atoms with Crippen molar-refractivity contribution in [2.45, 2.75) is 93.7 Å². The van der Waals surface area contributed by atoms with E-state index in [1.807, 2.05) is 24.3 Å². The van der Waals surface area contributed by atoms with E-state index < -0.39 is 48.7 Å². The summed E-state index contributed by atoms with van der Waals surface area (Å²) >= 11 is 0. The fourth-order valence-corrected chi connectivity index (χ4v) is 10.6. The Bertz CT molecular complexity index is 2740. The highest BCUT2D eigenvalue weighted by molar-refractivity contribution is 6.11. The lowest BCUT2D eigenvalue weighted by molar-refractivity contribution is -0.327. The number of aromatic hydroxyl groups is 1. The minimum absolute atomic E-state index is 0.0441. The number of unbranched alkanes of at least 4 members (excludes halogenated alkanes) is 1. The number of hydrogen-bond acceptors (Lipinski definition) is 14. The van der Waals surface area contributed by atoms with Crippen LogP contribution < -0.4 is 14.8 Å². The third-order valence-electron chi connectivity index (χ3n) is 14.2. The second-order valence-corrected chi connectivity index (χ2v) is 18.4. The second-order valence-electron chi connectivity index (χ2n) is 18.4. The Morgan fingerprint density at radius 2 is 1.96 bits per heavy atom. The van der Waals surface area contributed by atoms with Crippen LogP contribution in [0.25, 0.3) is 16.8 Å². The molecule has 1 saturated heterocycles. The summed E-state index contributed by atoms with van der Waals surface area (Å²) in [6, 6.07) is 8.96. The number of rotatable bonds is 11. The van der Waals surface area contributed by atoms with Gasteiger partial charge in [-0.1, -0.05) is 30.9 Å². The van der Waals surface area contributed by atoms with Gasteiger partial charge < -0.3 is 59.1 Å². The maximum atomic E-state index is 14.9. The number of methoxy groups -OCH3 is 2. The summed E-state index contributed by atoms with van der Waals surface area (Å²) in [4.78, 5) is 35.1. The molecule has 3 aromatic carbocycles. The number of Topliss-reactive ketones (excluding diaryl/α,β-unsaturated/α-hetero) is 1. The van der Waals surface area contributed by atoms with Gasteiger partial charge in [0, 0.05) is 62.9 Å². The van der Waals surface area contributed by atoms with Gasteiger partial charge >= 0.3 is 0 Å². The van der Waals surface area contributed by atoms with Gasteiger partial charge in [-0.2, -0.15) is 4.99 Å². The summed E-state index contributed by atoms with van der Waals surface area (Å²) in [6.45, 7) is 0.759. The van der Waals surface area contributed by atoms with Crippen LogP contribution in [0.1, 0.15) is 87.4 Å². The molecule has 0 aromatic heterocycles. The number of ketones is 1. The van der Waals surface area contributed by atoms with Crippen LogP contribution in [0, 0.1) is 18.4 Å². The number of carbonyl (C=O) groups is 2. The highest BCUT2D eigenvalue weighted by atomic mass is 16.7. The summed E-state index contributed by atoms with van der Waals surface area (Å²) in [6.07, 6.45) is 12.5. The number of aliphatic hydroxyl groups excluding tert-OH is 2. The number of phenolic OH excluding ortho intramolecular Hbond substituents is 1. The molecular formula is C53H56N3O12+. The van der Waals surface area contributed by atoms with Crippen molar-refractivity contribution in [2.24, 2.45) is 4.99 Å². The van der Waals surface area contributed by atoms with Crippen molar-refractivity contribution in [3.63, 3.8) is 0 Å². The molecule has 15 heteroatoms. The minimum Gasteiger partial charge on any atom is -0.506 e. The third kappa shape index (κ3) is 8.27. The molecule has 5 heterocycles. The number of amides is 1. The zero-order chi connectivity index (χ0) is 47.1. The molecule has 8 bridgehead atoms. The van der Waals surface area contributed by atoms with Crippen molar-refractivity contribution in [1.29, 1.82) is 0 Å². The number of nitrogens with one attached hydrogen (secondary N) is 1. The summed E-state index contributed by atoms with van der Waals surface area (Å²) in [7, 11) is 3.20. The molecule has 6 unspecified atom stereocenters. The Balaban J connectivity index is 1.14. The topological polar surface area (TPSA) is 198 Å². The SMILES string of the molecule is COCCCCNCC1=CC=C2N=CC(C3C=Cc4c(OC)cc5cc(C6CCCC6)c6c(O)c5c4OC4OC(CO3)C(O)C(OC#CCc3cccc5c3CN(CC6=O)C5=O)C4(O)CO)=C2[CH+]1. The van der Waals surface area contributed by atoms with Crippen LogP contribution in [0.3, 0.4) is 0 Å². The first-order valence-corrected chi connectivity index (χ1v) is 23.5. The maximum absolute atomic E-state index is 14.9. The van der Waals surface area contributed by atoms with Crippen LogP contribution in [0.2, 0.25) is 0 Å². The molecular weight excluding hydrogens is 871 g/mol. The number of phenols is 1. The minimum atomic E-state index is -2.46. The number of carbonyl (C=O) groups excluding carboxylic acids is 2. The van der Waals surface area contributed by atoms with Crippen LogP contribution in [0.15, 0.2) is 76.0 Å². The molecule has 7 aliphatic rings. The fourth-order valence-electron chi connectivity index (χ4n) is 10.6. The quantitative estimate of drug-likeness (QED) is 0.0983. The molecule has 6 atom stereocenters. The van der Waals surface area contributed by atoms with Crippen LogP contribution >= 0.6 is 0 Å². The van der Waals surface area contributed by atoms with Crippen LogP contribution in [0.4, 0.5) is 0 Å². The van der Waals surface area contributed by atoms with Gasteiger partial charge in [-0.25, -0.2) is 0 Å². The third-order valence-corrected chi connectivity index (χ3v) is 14.2. The first-order chi connectivity index (χ1) is 33.1. The zero-order valence-electron chi connectivity index (χ0n) is 38.2. The number of aliphatic hydroxyl groups is 3. The first-order valence-electron chi connectivity index (χ1n) is 23.5. The number of allylic oxidation sites excluding steroid dienone is 3. The molecule has 68 heavy (non-hydrogen) atoms. The van der Waals surface area contributed by atoms with Gasteiger partial charge in [0.1, 0.15) is 47.2 Å². The number of fused-ring (bicyclic) bond motifs is 5. The molecule has 3 aromatic rings. The van der Waals surface area contributed by atoms with E-state index in [0.29, 0.717) is 35.4 Å². The predicted molar refractivity (Wildman–Crippen MR) is 251 cm³/mol. The van der Waals surface area contributed by atoms with Crippen molar-refractivity contribution in [2.75, 3.05) is 53.7 Å². The Hall–Kier alpha value is -5.96. The number of nitrogens with zero attached hydrogens (tertiary/aromatic N) is 2. The summed E-state index contributed by atoms with van der Waals surface area (Å²) in [5.74, 6) is 2.06. The highest BCUT2D eigenvalue weighted by Crippen LogP contribution is 2.50. The van der Waals surface area contributed by atoms with E-state index in [-0.39, 0.29) is 66.0 Å². The van der Waals surface area contributed by atoms with Crippen molar-refractivity contribution < 1.29 is 58.4 Å². The van der Waals surface area contributed by atoms with Gasteiger partial charge in [-0.3, -0.25) is 9.59 Å². The normalized spacial score (nSPS) is 26.5. The lowest BCUT2D eigenvalue weighted by atomic mass is 9.86. The average molecular weight is 927 g/mol. The Kier molecular flexibility index (Phi) is 12.9. The van der Waals surface area contributed by atoms with E-state index in [9.17, 15) is 30.0 Å². The molecule has 1 saturated carbocycles. The summed E-state index contributed by atoms with van der Waals surface area (Å²) < 4.78 is 37.2. The second kappa shape index (κ2) is 19.2. The molecule has 0 radical (unpaired) electrons. The lowest BCUT2D eigenvalue weighted by Gasteiger charge is -2.47. The fraction of sp³-hybridized carbons (Fsp3) is 0.434. The standard InChI is InChI=1S/C53H55N3O12/c1-63-19-6-5-18-54-24-30-14-16-40-37(21-30)38(25-55-40)42-17-15-35-43(64-2)23-33-22-36(31-9-3-4-10-31)46-41(58)27-56-26-39-32(11-7-13-34(39)51(56)61)12-8-20-65-50-47(59)44(28-66-42)67-52(53(50,62)29-57)68-49(35)45(33)48(46)60/h7,11,13-17,21-23,25,31,42,44,47,50,52,54,57,59,62H,3-6,9-10,12,18-19,24,26-29H2,1-2H3/p+1. The largest absolute Gasteiger partial charge is 0.506 e. The van der Waals surface area contributed by atoms with E-state index in [1.54, 1.807) is 43.7 Å². The highest BCUT2D eigenvalue weighted by Gasteiger charge is 2.59. The van der Waals surface area contributed by atoms with Gasteiger partial charge in [0.05, 0.1) is 55.2 Å². The molecule has 2 aliphatic carbocycles. The molecule has 5 aliphatic heterocycles. The van der Waals surface area contributed by atoms with Crippen LogP contribution in [0.5, 0.6) is 17.2 Å². The zero-order valence-corrected chi connectivity index (χ0v) is 38.2. The first kappa shape index (κ1) is 45.8. The molecule has 0 spiro atoms. The smallest absolute Gasteiger partial charge is 0.254 e. The summed E-state index contributed by atoms with van der Waals surface area (Å²) in [5, 5.41) is 52.5. The van der Waals surface area contributed by atoms with Crippen LogP contribution in [-0.2, 0) is 31.9 Å². The summed E-state index contributed by atoms with van der Waals surface area (Å²) in [5.41, 5.74) is 3.82. The van der Waals surface area contributed by atoms with E-state index in [4.69, 9.17) is 33.4 Å². The Morgan fingerprint density at radius 3 is 2.76 bits per heavy atom. The van der Waals surface area contributed by atoms with Gasteiger partial charge in [-0.05, 0) is 90.6 Å². The van der Waals surface area contributed by atoms with Gasteiger partial charge in [0.2, 0.25) is 6.29 Å². The molecule has 5 N–H and O–H groups in total.